The molecule has 2 aromatic carbocycles. The third kappa shape index (κ3) is 7.45. The zero-order valence-electron chi connectivity index (χ0n) is 14.8. The van der Waals surface area contributed by atoms with E-state index in [1.54, 1.807) is 0 Å². The van der Waals surface area contributed by atoms with Crippen molar-refractivity contribution in [1.29, 1.82) is 0 Å². The van der Waals surface area contributed by atoms with Gasteiger partial charge in [0.2, 0.25) is 0 Å². The first-order chi connectivity index (χ1) is 11.9. The normalized spacial score (nSPS) is 10.4. The van der Waals surface area contributed by atoms with Gasteiger partial charge in [0.25, 0.3) is 0 Å². The van der Waals surface area contributed by atoms with Gasteiger partial charge < -0.3 is 14.8 Å². The standard InChI is InChI=1S/C21H23NO3/c1-21(2,3)25-20(23)22-14-15-24-19-11-7-10-18(16-19)13-12-17-8-5-4-6-9-17/h4-11,16H,14-15H2,1-3H3,(H,22,23). The largest absolute Gasteiger partial charge is 0.492 e. The number of rotatable bonds is 4. The fourth-order valence-corrected chi connectivity index (χ4v) is 1.97. The molecule has 1 N–H and O–H groups in total. The molecule has 0 atom stereocenters. The quantitative estimate of drug-likeness (QED) is 0.678. The van der Waals surface area contributed by atoms with E-state index in [9.17, 15) is 4.79 Å². The van der Waals surface area contributed by atoms with Crippen molar-refractivity contribution in [1.82, 2.24) is 5.32 Å². The Labute approximate surface area is 149 Å². The third-order valence-corrected chi connectivity index (χ3v) is 3.00. The lowest BCUT2D eigenvalue weighted by Crippen LogP contribution is -2.34. The molecule has 1 amide bonds. The summed E-state index contributed by atoms with van der Waals surface area (Å²) in [5, 5.41) is 2.66. The van der Waals surface area contributed by atoms with Crippen LogP contribution in [0.25, 0.3) is 0 Å². The monoisotopic (exact) mass is 337 g/mol. The summed E-state index contributed by atoms with van der Waals surface area (Å²) in [6.07, 6.45) is -0.446. The summed E-state index contributed by atoms with van der Waals surface area (Å²) in [4.78, 5) is 11.5. The van der Waals surface area contributed by atoms with Gasteiger partial charge in [-0.1, -0.05) is 36.1 Å². The molecule has 0 spiro atoms. The van der Waals surface area contributed by atoms with Crippen LogP contribution in [0.3, 0.4) is 0 Å². The predicted octanol–water partition coefficient (Wildman–Crippen LogP) is 3.99. The highest BCUT2D eigenvalue weighted by atomic mass is 16.6. The van der Waals surface area contributed by atoms with Gasteiger partial charge in [0.1, 0.15) is 18.0 Å². The molecule has 130 valence electrons. The van der Waals surface area contributed by atoms with Gasteiger partial charge in [-0.15, -0.1) is 0 Å². The van der Waals surface area contributed by atoms with Crippen LogP contribution in [0.4, 0.5) is 4.79 Å². The van der Waals surface area contributed by atoms with Gasteiger partial charge >= 0.3 is 6.09 Å². The molecule has 4 nitrogen and oxygen atoms in total. The van der Waals surface area contributed by atoms with Crippen LogP contribution in [0.2, 0.25) is 0 Å². The van der Waals surface area contributed by atoms with E-state index in [1.807, 2.05) is 75.4 Å². The lowest BCUT2D eigenvalue weighted by atomic mass is 10.2. The first-order valence-electron chi connectivity index (χ1n) is 8.19. The van der Waals surface area contributed by atoms with Crippen LogP contribution in [-0.2, 0) is 4.74 Å². The van der Waals surface area contributed by atoms with E-state index in [0.717, 1.165) is 11.1 Å². The Bertz CT molecular complexity index is 752. The lowest BCUT2D eigenvalue weighted by molar-refractivity contribution is 0.0520. The van der Waals surface area contributed by atoms with Crippen LogP contribution in [0, 0.1) is 11.8 Å². The number of carbonyl (C=O) groups is 1. The van der Waals surface area contributed by atoms with E-state index in [4.69, 9.17) is 9.47 Å². The molecule has 0 unspecified atom stereocenters. The number of hydrogen-bond acceptors (Lipinski definition) is 3. The van der Waals surface area contributed by atoms with Crippen LogP contribution in [0.15, 0.2) is 54.6 Å². The summed E-state index contributed by atoms with van der Waals surface area (Å²) >= 11 is 0. The second-order valence-corrected chi connectivity index (χ2v) is 6.42. The molecule has 0 heterocycles. The van der Waals surface area contributed by atoms with Crippen molar-refractivity contribution in [3.05, 3.63) is 65.7 Å². The minimum Gasteiger partial charge on any atom is -0.492 e. The van der Waals surface area contributed by atoms with Crippen molar-refractivity contribution >= 4 is 6.09 Å². The Hall–Kier alpha value is -2.93. The fraction of sp³-hybridized carbons (Fsp3) is 0.286. The number of alkyl carbamates (subject to hydrolysis) is 1. The Morgan fingerprint density at radius 3 is 2.40 bits per heavy atom. The molecule has 0 bridgehead atoms. The van der Waals surface area contributed by atoms with Gasteiger partial charge in [0, 0.05) is 11.1 Å². The van der Waals surface area contributed by atoms with Crippen molar-refractivity contribution in [3.63, 3.8) is 0 Å². The number of ether oxygens (including phenoxy) is 2. The molecule has 0 aliphatic carbocycles. The van der Waals surface area contributed by atoms with Crippen LogP contribution in [-0.4, -0.2) is 24.8 Å². The van der Waals surface area contributed by atoms with Gasteiger partial charge in [-0.05, 0) is 51.1 Å². The molecule has 0 saturated heterocycles. The molecular formula is C21H23NO3. The number of benzene rings is 2. The minimum absolute atomic E-state index is 0.356. The minimum atomic E-state index is -0.503. The van der Waals surface area contributed by atoms with Crippen molar-refractivity contribution in [2.75, 3.05) is 13.2 Å². The van der Waals surface area contributed by atoms with Gasteiger partial charge in [0.15, 0.2) is 0 Å². The molecular weight excluding hydrogens is 314 g/mol. The molecule has 2 rings (SSSR count). The maximum absolute atomic E-state index is 11.5. The smallest absolute Gasteiger partial charge is 0.407 e. The maximum Gasteiger partial charge on any atom is 0.407 e. The third-order valence-electron chi connectivity index (χ3n) is 3.00. The Balaban J connectivity index is 1.82. The predicted molar refractivity (Wildman–Crippen MR) is 98.6 cm³/mol. The summed E-state index contributed by atoms with van der Waals surface area (Å²) < 4.78 is 10.8. The SMILES string of the molecule is CC(C)(C)OC(=O)NCCOc1cccc(C#Cc2ccccc2)c1. The highest BCUT2D eigenvalue weighted by Crippen LogP contribution is 2.12. The van der Waals surface area contributed by atoms with E-state index in [1.165, 1.54) is 0 Å². The van der Waals surface area contributed by atoms with Gasteiger partial charge in [-0.2, -0.15) is 0 Å². The second kappa shape index (κ2) is 8.79. The highest BCUT2D eigenvalue weighted by Gasteiger charge is 2.15. The molecule has 0 fully saturated rings. The van der Waals surface area contributed by atoms with E-state index in [2.05, 4.69) is 17.2 Å². The number of carbonyl (C=O) groups excluding carboxylic acids is 1. The summed E-state index contributed by atoms with van der Waals surface area (Å²) in [6.45, 7) is 6.20. The van der Waals surface area contributed by atoms with Crippen LogP contribution in [0.1, 0.15) is 31.9 Å². The van der Waals surface area contributed by atoms with Crippen molar-refractivity contribution < 1.29 is 14.3 Å². The topological polar surface area (TPSA) is 47.6 Å². The van der Waals surface area contributed by atoms with E-state index in [-0.39, 0.29) is 0 Å². The summed E-state index contributed by atoms with van der Waals surface area (Å²) in [7, 11) is 0. The molecule has 0 aliphatic heterocycles. The van der Waals surface area contributed by atoms with Crippen molar-refractivity contribution in [2.45, 2.75) is 26.4 Å². The second-order valence-electron chi connectivity index (χ2n) is 6.42. The van der Waals surface area contributed by atoms with Crippen LogP contribution >= 0.6 is 0 Å². The average Bonchev–Trinajstić information content (AvgIpc) is 2.57. The summed E-state index contributed by atoms with van der Waals surface area (Å²) in [6, 6.07) is 17.4. The number of amides is 1. The molecule has 0 radical (unpaired) electrons. The lowest BCUT2D eigenvalue weighted by Gasteiger charge is -2.19. The van der Waals surface area contributed by atoms with Gasteiger partial charge in [-0.3, -0.25) is 0 Å². The zero-order chi connectivity index (χ0) is 18.1. The maximum atomic E-state index is 11.5. The Morgan fingerprint density at radius 2 is 1.68 bits per heavy atom. The van der Waals surface area contributed by atoms with Crippen molar-refractivity contribution in [3.8, 4) is 17.6 Å². The summed E-state index contributed by atoms with van der Waals surface area (Å²) in [5.41, 5.74) is 1.34. The molecule has 0 aromatic heterocycles. The molecule has 0 aliphatic rings. The average molecular weight is 337 g/mol. The van der Waals surface area contributed by atoms with Crippen LogP contribution < -0.4 is 10.1 Å². The Kier molecular flexibility index (Phi) is 6.47. The molecule has 4 heteroatoms. The zero-order valence-corrected chi connectivity index (χ0v) is 14.8. The van der Waals surface area contributed by atoms with Gasteiger partial charge in [0.05, 0.1) is 6.54 Å². The number of hydrogen-bond donors (Lipinski definition) is 1. The molecule has 2 aromatic rings. The molecule has 25 heavy (non-hydrogen) atoms. The number of nitrogens with one attached hydrogen (secondary N) is 1. The Morgan fingerprint density at radius 1 is 1.00 bits per heavy atom. The fourth-order valence-electron chi connectivity index (χ4n) is 1.97. The first kappa shape index (κ1) is 18.4. The highest BCUT2D eigenvalue weighted by molar-refractivity contribution is 5.67. The van der Waals surface area contributed by atoms with Crippen LogP contribution in [0.5, 0.6) is 5.75 Å². The molecule has 0 saturated carbocycles. The van der Waals surface area contributed by atoms with Gasteiger partial charge in [-0.25, -0.2) is 4.79 Å². The van der Waals surface area contributed by atoms with Crippen molar-refractivity contribution in [2.24, 2.45) is 0 Å². The van der Waals surface area contributed by atoms with E-state index >= 15 is 0 Å². The summed E-state index contributed by atoms with van der Waals surface area (Å²) in [5.74, 6) is 6.94. The van der Waals surface area contributed by atoms with E-state index in [0.29, 0.717) is 18.9 Å². The van der Waals surface area contributed by atoms with E-state index < -0.39 is 11.7 Å². The first-order valence-corrected chi connectivity index (χ1v) is 8.19.